The topological polar surface area (TPSA) is 43.4 Å². The minimum atomic E-state index is 0.589. The second-order valence-electron chi connectivity index (χ2n) is 9.05. The highest BCUT2D eigenvalue weighted by Gasteiger charge is 2.15. The molecular weight excluding hydrogens is 468 g/mol. The van der Waals surface area contributed by atoms with Crippen molar-refractivity contribution in [1.82, 2.24) is 4.98 Å². The number of aryl methyl sites for hydroxylation is 1. The Morgan fingerprint density at radius 3 is 1.55 bits per heavy atom. The summed E-state index contributed by atoms with van der Waals surface area (Å²) >= 11 is 0. The first-order valence-corrected chi connectivity index (χ1v) is 13.0. The van der Waals surface area contributed by atoms with Gasteiger partial charge in [0.25, 0.3) is 0 Å². The van der Waals surface area contributed by atoms with Crippen LogP contribution in [-0.2, 0) is 0 Å². The van der Waals surface area contributed by atoms with E-state index in [9.17, 15) is 0 Å². The van der Waals surface area contributed by atoms with Crippen LogP contribution in [0.4, 0.5) is 11.4 Å². The molecule has 0 aliphatic rings. The van der Waals surface area contributed by atoms with Crippen molar-refractivity contribution < 1.29 is 9.47 Å². The molecule has 38 heavy (non-hydrogen) atoms. The van der Waals surface area contributed by atoms with Crippen molar-refractivity contribution in [2.24, 2.45) is 0 Å². The first kappa shape index (κ1) is 25.1. The molecule has 1 aromatic heterocycles. The Labute approximate surface area is 224 Å². The van der Waals surface area contributed by atoms with Gasteiger partial charge in [-0.25, -0.2) is 4.98 Å². The van der Waals surface area contributed by atoms with Crippen LogP contribution in [0.5, 0.6) is 11.5 Å². The van der Waals surface area contributed by atoms with Gasteiger partial charge >= 0.3 is 0 Å². The predicted octanol–water partition coefficient (Wildman–Crippen LogP) is 8.93. The van der Waals surface area contributed by atoms with E-state index in [4.69, 9.17) is 14.5 Å². The number of ether oxygens (including phenoxy) is 2. The third-order valence-electron chi connectivity index (χ3n) is 6.31. The summed E-state index contributed by atoms with van der Waals surface area (Å²) < 4.78 is 11.9. The molecule has 4 aromatic carbocycles. The highest BCUT2D eigenvalue weighted by Crippen LogP contribution is 2.37. The van der Waals surface area contributed by atoms with Gasteiger partial charge in [-0.1, -0.05) is 54.1 Å². The molecule has 0 aliphatic carbocycles. The number of hydrogen-bond acceptors (Lipinski definition) is 4. The van der Waals surface area contributed by atoms with Gasteiger partial charge in [-0.05, 0) is 92.6 Å². The third kappa shape index (κ3) is 5.70. The van der Waals surface area contributed by atoms with Gasteiger partial charge in [-0.15, -0.1) is 0 Å². The molecule has 1 heterocycles. The predicted molar refractivity (Wildman–Crippen MR) is 157 cm³/mol. The zero-order valence-corrected chi connectivity index (χ0v) is 22.1. The molecule has 5 aromatic rings. The fraction of sp³-hybridized carbons (Fsp3) is 0.147. The molecule has 0 unspecified atom stereocenters. The van der Waals surface area contributed by atoms with E-state index in [0.717, 1.165) is 56.5 Å². The first-order valence-electron chi connectivity index (χ1n) is 13.0. The summed E-state index contributed by atoms with van der Waals surface area (Å²) in [5.74, 6) is 1.64. The summed E-state index contributed by atoms with van der Waals surface area (Å²) in [6.45, 7) is 7.26. The Hall–Kier alpha value is -4.57. The molecule has 4 nitrogen and oxygen atoms in total. The van der Waals surface area contributed by atoms with Crippen molar-refractivity contribution in [3.05, 3.63) is 115 Å². The molecule has 0 amide bonds. The molecule has 5 rings (SSSR count). The molecule has 0 saturated carbocycles. The fourth-order valence-electron chi connectivity index (χ4n) is 4.44. The molecule has 0 saturated heterocycles. The van der Waals surface area contributed by atoms with E-state index >= 15 is 0 Å². The van der Waals surface area contributed by atoms with Crippen LogP contribution < -0.4 is 14.8 Å². The summed E-state index contributed by atoms with van der Waals surface area (Å²) in [5.41, 5.74) is 9.16. The molecule has 0 radical (unpaired) electrons. The lowest BCUT2D eigenvalue weighted by Gasteiger charge is -2.15. The van der Waals surface area contributed by atoms with Gasteiger partial charge in [0.15, 0.2) is 0 Å². The second kappa shape index (κ2) is 11.7. The van der Waals surface area contributed by atoms with E-state index in [-0.39, 0.29) is 0 Å². The summed E-state index contributed by atoms with van der Waals surface area (Å²) in [6.07, 6.45) is 0. The van der Waals surface area contributed by atoms with E-state index in [2.05, 4.69) is 85.0 Å². The summed E-state index contributed by atoms with van der Waals surface area (Å²) in [6, 6.07) is 37.3. The fourth-order valence-corrected chi connectivity index (χ4v) is 4.44. The Morgan fingerprint density at radius 1 is 0.579 bits per heavy atom. The van der Waals surface area contributed by atoms with Gasteiger partial charge in [0.2, 0.25) is 0 Å². The van der Waals surface area contributed by atoms with Crippen LogP contribution in [0.25, 0.3) is 33.6 Å². The highest BCUT2D eigenvalue weighted by molar-refractivity contribution is 5.80. The van der Waals surface area contributed by atoms with Crippen LogP contribution in [0.15, 0.2) is 109 Å². The maximum atomic E-state index is 5.95. The van der Waals surface area contributed by atoms with E-state index in [0.29, 0.717) is 13.2 Å². The number of para-hydroxylation sites is 2. The van der Waals surface area contributed by atoms with Crippen LogP contribution in [0.1, 0.15) is 19.4 Å². The molecule has 0 spiro atoms. The summed E-state index contributed by atoms with van der Waals surface area (Å²) in [7, 11) is 0. The van der Waals surface area contributed by atoms with Gasteiger partial charge in [0.1, 0.15) is 11.5 Å². The van der Waals surface area contributed by atoms with Crippen LogP contribution >= 0.6 is 0 Å². The molecule has 1 N–H and O–H groups in total. The second-order valence-corrected chi connectivity index (χ2v) is 9.05. The van der Waals surface area contributed by atoms with Gasteiger partial charge in [0.05, 0.1) is 24.6 Å². The maximum Gasteiger partial charge on any atom is 0.128 e. The number of pyridine rings is 1. The molecule has 0 bridgehead atoms. The van der Waals surface area contributed by atoms with Crippen LogP contribution in [0, 0.1) is 6.92 Å². The number of hydrogen-bond donors (Lipinski definition) is 1. The minimum Gasteiger partial charge on any atom is -0.493 e. The van der Waals surface area contributed by atoms with Crippen LogP contribution in [0.3, 0.4) is 0 Å². The van der Waals surface area contributed by atoms with E-state index in [1.807, 2.05) is 50.2 Å². The van der Waals surface area contributed by atoms with E-state index in [1.54, 1.807) is 0 Å². The normalized spacial score (nSPS) is 10.7. The van der Waals surface area contributed by atoms with Crippen LogP contribution in [-0.4, -0.2) is 18.2 Å². The Kier molecular flexibility index (Phi) is 7.70. The van der Waals surface area contributed by atoms with Gasteiger partial charge in [-0.3, -0.25) is 0 Å². The lowest BCUT2D eigenvalue weighted by atomic mass is 9.99. The minimum absolute atomic E-state index is 0.589. The summed E-state index contributed by atoms with van der Waals surface area (Å²) in [4.78, 5) is 5.09. The monoisotopic (exact) mass is 500 g/mol. The maximum absolute atomic E-state index is 5.95. The molecular formula is C34H32N2O2. The zero-order chi connectivity index (χ0) is 26.3. The third-order valence-corrected chi connectivity index (χ3v) is 6.31. The van der Waals surface area contributed by atoms with E-state index < -0.39 is 0 Å². The van der Waals surface area contributed by atoms with Gasteiger partial charge in [-0.2, -0.15) is 0 Å². The Balaban J connectivity index is 1.58. The Morgan fingerprint density at radius 2 is 1.05 bits per heavy atom. The number of benzene rings is 4. The first-order chi connectivity index (χ1) is 18.6. The average Bonchev–Trinajstić information content (AvgIpc) is 2.95. The van der Waals surface area contributed by atoms with Crippen LogP contribution in [0.2, 0.25) is 0 Å². The molecule has 0 fully saturated rings. The van der Waals surface area contributed by atoms with Gasteiger partial charge in [0, 0.05) is 22.5 Å². The lowest BCUT2D eigenvalue weighted by Crippen LogP contribution is -1.98. The summed E-state index contributed by atoms with van der Waals surface area (Å²) in [5, 5.41) is 3.48. The van der Waals surface area contributed by atoms with Gasteiger partial charge < -0.3 is 14.8 Å². The standard InChI is InChI=1S/C34H32N2O2/c1-4-37-33-12-8-6-10-29(33)31-22-26(23-32(36-31)30-11-7-9-13-34(30)38-5-2)25-16-20-28(21-17-25)35-27-18-14-24(3)15-19-27/h6-23,35H,4-5H2,1-3H3. The van der Waals surface area contributed by atoms with Crippen molar-refractivity contribution in [2.75, 3.05) is 18.5 Å². The molecule has 4 heteroatoms. The van der Waals surface area contributed by atoms with Crippen molar-refractivity contribution in [1.29, 1.82) is 0 Å². The van der Waals surface area contributed by atoms with Crippen molar-refractivity contribution in [3.63, 3.8) is 0 Å². The van der Waals surface area contributed by atoms with E-state index in [1.165, 1.54) is 5.56 Å². The Bertz CT molecular complexity index is 1440. The lowest BCUT2D eigenvalue weighted by molar-refractivity contribution is 0.341. The molecule has 190 valence electrons. The number of anilines is 2. The average molecular weight is 501 g/mol. The SMILES string of the molecule is CCOc1ccccc1-c1cc(-c2ccc(Nc3ccc(C)cc3)cc2)cc(-c2ccccc2OCC)n1. The smallest absolute Gasteiger partial charge is 0.128 e. The quantitative estimate of drug-likeness (QED) is 0.219. The molecule has 0 atom stereocenters. The molecule has 0 aliphatic heterocycles. The zero-order valence-electron chi connectivity index (χ0n) is 22.1. The number of nitrogens with one attached hydrogen (secondary N) is 1. The number of nitrogens with zero attached hydrogens (tertiary/aromatic N) is 1. The van der Waals surface area contributed by atoms with Crippen molar-refractivity contribution in [3.8, 4) is 45.1 Å². The largest absolute Gasteiger partial charge is 0.493 e. The number of rotatable bonds is 9. The number of aromatic nitrogens is 1. The van der Waals surface area contributed by atoms with Crippen molar-refractivity contribution >= 4 is 11.4 Å². The highest BCUT2D eigenvalue weighted by atomic mass is 16.5. The van der Waals surface area contributed by atoms with Crippen molar-refractivity contribution in [2.45, 2.75) is 20.8 Å².